The molecular weight excluding hydrogens is 222 g/mol. The van der Waals surface area contributed by atoms with Gasteiger partial charge in [0.05, 0.1) is 11.6 Å². The van der Waals surface area contributed by atoms with Crippen LogP contribution in [0.5, 0.6) is 0 Å². The van der Waals surface area contributed by atoms with Crippen molar-refractivity contribution in [2.75, 3.05) is 11.4 Å². The van der Waals surface area contributed by atoms with E-state index in [0.29, 0.717) is 6.04 Å². The van der Waals surface area contributed by atoms with E-state index in [4.69, 9.17) is 5.26 Å². The molecule has 1 aromatic heterocycles. The number of aryl methyl sites for hydroxylation is 1. The Kier molecular flexibility index (Phi) is 4.19. The fourth-order valence-corrected chi connectivity index (χ4v) is 2.80. The van der Waals surface area contributed by atoms with Gasteiger partial charge in [0.1, 0.15) is 5.82 Å². The minimum Gasteiger partial charge on any atom is -0.354 e. The number of anilines is 1. The Balaban J connectivity index is 2.27. The van der Waals surface area contributed by atoms with Gasteiger partial charge in [-0.1, -0.05) is 13.3 Å². The molecule has 0 N–H and O–H groups in total. The number of hydrogen-bond donors (Lipinski definition) is 0. The predicted octanol–water partition coefficient (Wildman–Crippen LogP) is 3.42. The van der Waals surface area contributed by atoms with Crippen LogP contribution >= 0.6 is 0 Å². The van der Waals surface area contributed by atoms with Crippen LogP contribution in [0.3, 0.4) is 0 Å². The van der Waals surface area contributed by atoms with Gasteiger partial charge in [0.25, 0.3) is 0 Å². The molecule has 1 aliphatic rings. The molecule has 2 rings (SSSR count). The number of rotatable bonds is 3. The van der Waals surface area contributed by atoms with Gasteiger partial charge in [-0.05, 0) is 44.7 Å². The van der Waals surface area contributed by atoms with Crippen molar-refractivity contribution in [1.82, 2.24) is 4.98 Å². The van der Waals surface area contributed by atoms with E-state index < -0.39 is 0 Å². The van der Waals surface area contributed by atoms with Crippen LogP contribution in [0.4, 0.5) is 5.82 Å². The van der Waals surface area contributed by atoms with E-state index in [2.05, 4.69) is 22.9 Å². The van der Waals surface area contributed by atoms with Crippen molar-refractivity contribution in [3.05, 3.63) is 23.4 Å². The van der Waals surface area contributed by atoms with Crippen molar-refractivity contribution < 1.29 is 0 Å². The molecule has 96 valence electrons. The Morgan fingerprint density at radius 2 is 2.28 bits per heavy atom. The lowest BCUT2D eigenvalue weighted by molar-refractivity contribution is 0.431. The molecular formula is C15H21N3. The summed E-state index contributed by atoms with van der Waals surface area (Å²) in [4.78, 5) is 7.02. The van der Waals surface area contributed by atoms with Crippen LogP contribution in [0.15, 0.2) is 12.1 Å². The normalized spacial score (nSPS) is 19.6. The number of hydrogen-bond acceptors (Lipinski definition) is 3. The first kappa shape index (κ1) is 12.9. The van der Waals surface area contributed by atoms with Crippen LogP contribution in [-0.4, -0.2) is 17.6 Å². The molecule has 0 saturated carbocycles. The topological polar surface area (TPSA) is 39.9 Å². The maximum absolute atomic E-state index is 9.06. The third kappa shape index (κ3) is 2.81. The molecule has 0 spiro atoms. The number of piperidine rings is 1. The maximum Gasteiger partial charge on any atom is 0.130 e. The van der Waals surface area contributed by atoms with E-state index in [1.54, 1.807) is 0 Å². The molecule has 2 heterocycles. The van der Waals surface area contributed by atoms with Gasteiger partial charge in [-0.2, -0.15) is 5.26 Å². The van der Waals surface area contributed by atoms with Crippen LogP contribution < -0.4 is 4.90 Å². The summed E-state index contributed by atoms with van der Waals surface area (Å²) in [5.74, 6) is 0.990. The van der Waals surface area contributed by atoms with Gasteiger partial charge in [0.15, 0.2) is 0 Å². The van der Waals surface area contributed by atoms with Crippen molar-refractivity contribution in [1.29, 1.82) is 5.26 Å². The highest BCUT2D eigenvalue weighted by atomic mass is 15.2. The second kappa shape index (κ2) is 5.86. The zero-order valence-corrected chi connectivity index (χ0v) is 11.3. The van der Waals surface area contributed by atoms with E-state index in [-0.39, 0.29) is 0 Å². The van der Waals surface area contributed by atoms with Gasteiger partial charge in [-0.15, -0.1) is 0 Å². The molecule has 0 aromatic carbocycles. The standard InChI is InChI=1S/C15H21N3/c1-3-6-14-7-4-5-8-18(14)15-10-13(11-16)9-12(2)17-15/h9-10,14H,3-8H2,1-2H3. The van der Waals surface area contributed by atoms with E-state index in [9.17, 15) is 0 Å². The lowest BCUT2D eigenvalue weighted by atomic mass is 9.98. The molecule has 18 heavy (non-hydrogen) atoms. The van der Waals surface area contributed by atoms with E-state index in [0.717, 1.165) is 23.6 Å². The second-order valence-corrected chi connectivity index (χ2v) is 5.10. The summed E-state index contributed by atoms with van der Waals surface area (Å²) in [5.41, 5.74) is 1.66. The summed E-state index contributed by atoms with van der Waals surface area (Å²) in [6.45, 7) is 5.27. The van der Waals surface area contributed by atoms with Crippen molar-refractivity contribution in [2.45, 2.75) is 52.0 Å². The monoisotopic (exact) mass is 243 g/mol. The average molecular weight is 243 g/mol. The average Bonchev–Trinajstić information content (AvgIpc) is 2.39. The molecule has 3 heteroatoms. The van der Waals surface area contributed by atoms with Crippen LogP contribution in [-0.2, 0) is 0 Å². The molecule has 1 aliphatic heterocycles. The lowest BCUT2D eigenvalue weighted by Gasteiger charge is -2.37. The molecule has 1 aromatic rings. The van der Waals surface area contributed by atoms with Crippen molar-refractivity contribution in [3.8, 4) is 6.07 Å². The molecule has 1 atom stereocenters. The summed E-state index contributed by atoms with van der Waals surface area (Å²) in [6.07, 6.45) is 6.23. The maximum atomic E-state index is 9.06. The number of nitriles is 1. The third-order valence-corrected chi connectivity index (χ3v) is 3.61. The van der Waals surface area contributed by atoms with Crippen LogP contribution in [0.25, 0.3) is 0 Å². The highest BCUT2D eigenvalue weighted by Gasteiger charge is 2.23. The Hall–Kier alpha value is -1.56. The summed E-state index contributed by atoms with van der Waals surface area (Å²) < 4.78 is 0. The minimum atomic E-state index is 0.601. The van der Waals surface area contributed by atoms with Gasteiger partial charge in [0, 0.05) is 18.3 Å². The first-order chi connectivity index (χ1) is 8.74. The third-order valence-electron chi connectivity index (χ3n) is 3.61. The Morgan fingerprint density at radius 1 is 1.44 bits per heavy atom. The van der Waals surface area contributed by atoms with Gasteiger partial charge in [-0.25, -0.2) is 4.98 Å². The molecule has 1 saturated heterocycles. The molecule has 1 unspecified atom stereocenters. The Morgan fingerprint density at radius 3 is 3.00 bits per heavy atom. The van der Waals surface area contributed by atoms with Crippen molar-refractivity contribution in [2.24, 2.45) is 0 Å². The summed E-state index contributed by atoms with van der Waals surface area (Å²) in [6, 6.07) is 6.61. The fraction of sp³-hybridized carbons (Fsp3) is 0.600. The zero-order valence-electron chi connectivity index (χ0n) is 11.3. The fourth-order valence-electron chi connectivity index (χ4n) is 2.80. The predicted molar refractivity (Wildman–Crippen MR) is 73.6 cm³/mol. The number of aromatic nitrogens is 1. The first-order valence-electron chi connectivity index (χ1n) is 6.90. The first-order valence-corrected chi connectivity index (χ1v) is 6.90. The van der Waals surface area contributed by atoms with Crippen molar-refractivity contribution in [3.63, 3.8) is 0 Å². The summed E-state index contributed by atoms with van der Waals surface area (Å²) >= 11 is 0. The Bertz CT molecular complexity index is 446. The summed E-state index contributed by atoms with van der Waals surface area (Å²) in [5, 5.41) is 9.06. The van der Waals surface area contributed by atoms with Crippen LogP contribution in [0, 0.1) is 18.3 Å². The summed E-state index contributed by atoms with van der Waals surface area (Å²) in [7, 11) is 0. The van der Waals surface area contributed by atoms with E-state index in [1.807, 2.05) is 19.1 Å². The second-order valence-electron chi connectivity index (χ2n) is 5.10. The van der Waals surface area contributed by atoms with Gasteiger partial charge in [0.2, 0.25) is 0 Å². The highest BCUT2D eigenvalue weighted by molar-refractivity contribution is 5.47. The largest absolute Gasteiger partial charge is 0.354 e. The molecule has 1 fully saturated rings. The van der Waals surface area contributed by atoms with Crippen LogP contribution in [0.1, 0.15) is 50.3 Å². The van der Waals surface area contributed by atoms with Crippen molar-refractivity contribution >= 4 is 5.82 Å². The van der Waals surface area contributed by atoms with Gasteiger partial charge >= 0.3 is 0 Å². The highest BCUT2D eigenvalue weighted by Crippen LogP contribution is 2.26. The van der Waals surface area contributed by atoms with Gasteiger partial charge in [-0.3, -0.25) is 0 Å². The molecule has 3 nitrogen and oxygen atoms in total. The SMILES string of the molecule is CCCC1CCCCN1c1cc(C#N)cc(C)n1. The quantitative estimate of drug-likeness (QED) is 0.816. The number of nitrogens with zero attached hydrogens (tertiary/aromatic N) is 3. The molecule has 0 bridgehead atoms. The molecule has 0 aliphatic carbocycles. The minimum absolute atomic E-state index is 0.601. The zero-order chi connectivity index (χ0) is 13.0. The van der Waals surface area contributed by atoms with E-state index >= 15 is 0 Å². The lowest BCUT2D eigenvalue weighted by Crippen LogP contribution is -2.40. The van der Waals surface area contributed by atoms with Crippen LogP contribution in [0.2, 0.25) is 0 Å². The van der Waals surface area contributed by atoms with Gasteiger partial charge < -0.3 is 4.90 Å². The van der Waals surface area contributed by atoms with E-state index in [1.165, 1.54) is 32.1 Å². The Labute approximate surface area is 109 Å². The molecule has 0 radical (unpaired) electrons. The smallest absolute Gasteiger partial charge is 0.130 e. The molecule has 0 amide bonds. The number of pyridine rings is 1.